The highest BCUT2D eigenvalue weighted by Crippen LogP contribution is 2.29. The zero-order chi connectivity index (χ0) is 15.2. The highest BCUT2D eigenvalue weighted by atomic mass is 32.2. The van der Waals surface area contributed by atoms with Crippen LogP contribution in [0.2, 0.25) is 0 Å². The number of hydrogen-bond acceptors (Lipinski definition) is 3. The smallest absolute Gasteiger partial charge is 0.396 e. The molecule has 0 aliphatic carbocycles. The molecule has 1 amide bonds. The number of anilines is 1. The predicted octanol–water partition coefficient (Wildman–Crippen LogP) is 3.01. The van der Waals surface area contributed by atoms with E-state index in [2.05, 4.69) is 5.32 Å². The number of rotatable bonds is 6. The maximum absolute atomic E-state index is 12.3. The van der Waals surface area contributed by atoms with Gasteiger partial charge in [-0.25, -0.2) is 0 Å². The van der Waals surface area contributed by atoms with Crippen molar-refractivity contribution in [3.63, 3.8) is 0 Å². The van der Waals surface area contributed by atoms with Gasteiger partial charge in [-0.2, -0.15) is 24.9 Å². The van der Waals surface area contributed by atoms with Crippen LogP contribution in [-0.2, 0) is 11.0 Å². The molecule has 0 aromatic heterocycles. The van der Waals surface area contributed by atoms with Crippen LogP contribution in [0.5, 0.6) is 0 Å². The van der Waals surface area contributed by atoms with Crippen molar-refractivity contribution in [2.45, 2.75) is 13.1 Å². The van der Waals surface area contributed by atoms with Gasteiger partial charge in [0.15, 0.2) is 0 Å². The molecule has 0 saturated carbocycles. The Morgan fingerprint density at radius 3 is 2.45 bits per heavy atom. The molecule has 0 bridgehead atoms. The largest absolute Gasteiger partial charge is 0.416 e. The summed E-state index contributed by atoms with van der Waals surface area (Å²) in [7, 11) is 0. The molecule has 0 saturated heterocycles. The summed E-state index contributed by atoms with van der Waals surface area (Å²) in [6, 6.07) is 4.30. The molecule has 0 fully saturated rings. The average Bonchev–Trinajstić information content (AvgIpc) is 2.38. The Hall–Kier alpha value is -1.21. The van der Waals surface area contributed by atoms with Gasteiger partial charge < -0.3 is 10.4 Å². The normalized spacial score (nSPS) is 13.1. The van der Waals surface area contributed by atoms with Crippen LogP contribution in [0.1, 0.15) is 12.5 Å². The number of carbonyl (C=O) groups is 1. The molecule has 0 radical (unpaired) electrons. The Bertz CT molecular complexity index is 434. The molecule has 20 heavy (non-hydrogen) atoms. The van der Waals surface area contributed by atoms with E-state index in [9.17, 15) is 18.0 Å². The maximum atomic E-state index is 12.3. The number of nitrogens with one attached hydrogen (secondary N) is 1. The lowest BCUT2D eigenvalue weighted by Crippen LogP contribution is -2.16. The van der Waals surface area contributed by atoms with Crippen molar-refractivity contribution in [1.29, 1.82) is 0 Å². The third-order valence-electron chi connectivity index (χ3n) is 2.44. The average molecular weight is 307 g/mol. The van der Waals surface area contributed by atoms with Crippen LogP contribution in [0.15, 0.2) is 24.3 Å². The summed E-state index contributed by atoms with van der Waals surface area (Å²) in [6.07, 6.45) is -4.38. The number of thioether (sulfide) groups is 1. The fraction of sp³-hybridized carbons (Fsp3) is 0.462. The molecule has 1 unspecified atom stereocenters. The van der Waals surface area contributed by atoms with E-state index < -0.39 is 11.7 Å². The standard InChI is InChI=1S/C13H16F3NO2S/c1-9(6-18)7-20-8-12(19)17-11-4-2-10(3-5-11)13(14,15)16/h2-5,9,18H,6-8H2,1H3,(H,17,19). The number of amides is 1. The third kappa shape index (κ3) is 5.83. The minimum atomic E-state index is -4.38. The Morgan fingerprint density at radius 1 is 1.35 bits per heavy atom. The number of carbonyl (C=O) groups excluding carboxylic acids is 1. The molecule has 0 aliphatic rings. The molecule has 0 spiro atoms. The van der Waals surface area contributed by atoms with E-state index in [0.717, 1.165) is 12.1 Å². The van der Waals surface area contributed by atoms with Gasteiger partial charge in [0, 0.05) is 12.3 Å². The summed E-state index contributed by atoms with van der Waals surface area (Å²) in [6.45, 7) is 1.92. The molecule has 1 rings (SSSR count). The lowest BCUT2D eigenvalue weighted by molar-refractivity contribution is -0.137. The van der Waals surface area contributed by atoms with Gasteiger partial charge in [0.2, 0.25) is 5.91 Å². The number of halogens is 3. The first-order valence-electron chi connectivity index (χ1n) is 5.98. The van der Waals surface area contributed by atoms with E-state index in [4.69, 9.17) is 5.11 Å². The minimum absolute atomic E-state index is 0.0630. The van der Waals surface area contributed by atoms with Gasteiger partial charge >= 0.3 is 6.18 Å². The Labute approximate surface area is 119 Å². The quantitative estimate of drug-likeness (QED) is 0.849. The van der Waals surface area contributed by atoms with Gasteiger partial charge in [0.25, 0.3) is 0 Å². The van der Waals surface area contributed by atoms with E-state index in [1.165, 1.54) is 23.9 Å². The van der Waals surface area contributed by atoms with Gasteiger partial charge in [-0.1, -0.05) is 6.92 Å². The molecule has 2 N–H and O–H groups in total. The lowest BCUT2D eigenvalue weighted by Gasteiger charge is -2.09. The number of benzene rings is 1. The summed E-state index contributed by atoms with van der Waals surface area (Å²) in [5.74, 6) is 0.682. The van der Waals surface area contributed by atoms with Crippen molar-refractivity contribution in [3.8, 4) is 0 Å². The summed E-state index contributed by atoms with van der Waals surface area (Å²) < 4.78 is 37.0. The van der Waals surface area contributed by atoms with Crippen LogP contribution in [0.25, 0.3) is 0 Å². The number of aliphatic hydroxyl groups is 1. The first-order chi connectivity index (χ1) is 9.32. The van der Waals surface area contributed by atoms with Crippen LogP contribution in [0, 0.1) is 5.92 Å². The first kappa shape index (κ1) is 16.8. The fourth-order valence-electron chi connectivity index (χ4n) is 1.35. The maximum Gasteiger partial charge on any atom is 0.416 e. The van der Waals surface area contributed by atoms with Crippen molar-refractivity contribution >= 4 is 23.4 Å². The van der Waals surface area contributed by atoms with E-state index in [1.54, 1.807) is 0 Å². The lowest BCUT2D eigenvalue weighted by atomic mass is 10.2. The molecule has 1 aromatic carbocycles. The molecule has 1 aromatic rings. The second-order valence-electron chi connectivity index (χ2n) is 4.43. The summed E-state index contributed by atoms with van der Waals surface area (Å²) in [4.78, 5) is 11.5. The molecule has 0 heterocycles. The summed E-state index contributed by atoms with van der Waals surface area (Å²) in [5, 5.41) is 11.3. The molecular formula is C13H16F3NO2S. The summed E-state index contributed by atoms with van der Waals surface area (Å²) >= 11 is 1.37. The van der Waals surface area contributed by atoms with Gasteiger partial charge in [0.05, 0.1) is 11.3 Å². The number of aliphatic hydroxyl groups excluding tert-OH is 1. The number of alkyl halides is 3. The topological polar surface area (TPSA) is 49.3 Å². The van der Waals surface area contributed by atoms with E-state index in [1.807, 2.05) is 6.92 Å². The minimum Gasteiger partial charge on any atom is -0.396 e. The molecule has 112 valence electrons. The highest BCUT2D eigenvalue weighted by molar-refractivity contribution is 7.99. The zero-order valence-corrected chi connectivity index (χ0v) is 11.7. The van der Waals surface area contributed by atoms with Crippen molar-refractivity contribution in [2.24, 2.45) is 5.92 Å². The fourth-order valence-corrected chi connectivity index (χ4v) is 2.23. The van der Waals surface area contributed by atoms with E-state index in [0.29, 0.717) is 11.4 Å². The third-order valence-corrected chi connectivity index (χ3v) is 3.71. The van der Waals surface area contributed by atoms with Gasteiger partial charge in [-0.3, -0.25) is 4.79 Å². The monoisotopic (exact) mass is 307 g/mol. The predicted molar refractivity (Wildman–Crippen MR) is 73.6 cm³/mol. The van der Waals surface area contributed by atoms with Gasteiger partial charge in [-0.15, -0.1) is 0 Å². The van der Waals surface area contributed by atoms with Crippen molar-refractivity contribution in [1.82, 2.24) is 0 Å². The second-order valence-corrected chi connectivity index (χ2v) is 5.46. The van der Waals surface area contributed by atoms with Crippen molar-refractivity contribution in [2.75, 3.05) is 23.4 Å². The van der Waals surface area contributed by atoms with Crippen LogP contribution in [0.4, 0.5) is 18.9 Å². The van der Waals surface area contributed by atoms with Crippen molar-refractivity contribution < 1.29 is 23.1 Å². The van der Waals surface area contributed by atoms with Crippen LogP contribution in [-0.4, -0.2) is 29.1 Å². The van der Waals surface area contributed by atoms with Crippen LogP contribution >= 0.6 is 11.8 Å². The Kier molecular flexibility index (Phi) is 6.35. The summed E-state index contributed by atoms with van der Waals surface area (Å²) in [5.41, 5.74) is -0.416. The van der Waals surface area contributed by atoms with Gasteiger partial charge in [-0.05, 0) is 35.9 Å². The molecule has 7 heteroatoms. The van der Waals surface area contributed by atoms with E-state index >= 15 is 0 Å². The SMILES string of the molecule is CC(CO)CSCC(=O)Nc1ccc(C(F)(F)F)cc1. The van der Waals surface area contributed by atoms with Crippen LogP contribution in [0.3, 0.4) is 0 Å². The van der Waals surface area contributed by atoms with Crippen molar-refractivity contribution in [3.05, 3.63) is 29.8 Å². The Balaban J connectivity index is 2.43. The second kappa shape index (κ2) is 7.54. The van der Waals surface area contributed by atoms with Crippen LogP contribution < -0.4 is 5.32 Å². The Morgan fingerprint density at radius 2 is 1.95 bits per heavy atom. The molecule has 0 aliphatic heterocycles. The highest BCUT2D eigenvalue weighted by Gasteiger charge is 2.29. The zero-order valence-electron chi connectivity index (χ0n) is 10.9. The van der Waals surface area contributed by atoms with Gasteiger partial charge in [0.1, 0.15) is 0 Å². The molecule has 3 nitrogen and oxygen atoms in total. The van der Waals surface area contributed by atoms with E-state index in [-0.39, 0.29) is 24.2 Å². The molecule has 1 atom stereocenters. The first-order valence-corrected chi connectivity index (χ1v) is 7.14. The molecular weight excluding hydrogens is 291 g/mol. The number of hydrogen-bond donors (Lipinski definition) is 2.